The molecule has 0 saturated carbocycles. The van der Waals surface area contributed by atoms with Crippen LogP contribution in [0.5, 0.6) is 5.75 Å². The Bertz CT molecular complexity index is 1240. The van der Waals surface area contributed by atoms with Crippen molar-refractivity contribution in [3.8, 4) is 5.75 Å². The number of fused-ring (bicyclic) bond motifs is 2. The number of methoxy groups -OCH3 is 1. The van der Waals surface area contributed by atoms with Crippen LogP contribution < -0.4 is 15.4 Å². The Morgan fingerprint density at radius 3 is 2.24 bits per heavy atom. The van der Waals surface area contributed by atoms with Gasteiger partial charge in [0.25, 0.3) is 0 Å². The van der Waals surface area contributed by atoms with E-state index in [4.69, 9.17) is 9.47 Å². The van der Waals surface area contributed by atoms with Gasteiger partial charge in [0.2, 0.25) is 11.8 Å². The molecule has 2 aromatic rings. The van der Waals surface area contributed by atoms with Gasteiger partial charge in [-0.05, 0) is 107 Å². The molecule has 41 heavy (non-hydrogen) atoms. The van der Waals surface area contributed by atoms with E-state index in [1.54, 1.807) is 41.7 Å². The van der Waals surface area contributed by atoms with Gasteiger partial charge in [0.05, 0.1) is 7.11 Å². The molecule has 0 unspecified atom stereocenters. The van der Waals surface area contributed by atoms with Crippen molar-refractivity contribution in [2.75, 3.05) is 20.2 Å². The first-order valence-corrected chi connectivity index (χ1v) is 14.6. The molecule has 1 aliphatic heterocycles. The molecule has 4 rings (SSSR count). The fourth-order valence-electron chi connectivity index (χ4n) is 5.97. The molecule has 222 valence electrons. The predicted molar refractivity (Wildman–Crippen MR) is 159 cm³/mol. The Labute approximate surface area is 244 Å². The van der Waals surface area contributed by atoms with Crippen LogP contribution in [0.4, 0.5) is 4.79 Å². The molecule has 0 bridgehead atoms. The van der Waals surface area contributed by atoms with E-state index in [2.05, 4.69) is 34.9 Å². The molecule has 1 aliphatic carbocycles. The highest BCUT2D eigenvalue weighted by atomic mass is 16.6. The predicted octanol–water partition coefficient (Wildman–Crippen LogP) is 4.92. The lowest BCUT2D eigenvalue weighted by Gasteiger charge is -2.41. The molecule has 2 aromatic carbocycles. The van der Waals surface area contributed by atoms with Gasteiger partial charge >= 0.3 is 6.09 Å². The third-order valence-electron chi connectivity index (χ3n) is 8.36. The molecule has 1 heterocycles. The summed E-state index contributed by atoms with van der Waals surface area (Å²) in [4.78, 5) is 41.7. The van der Waals surface area contributed by atoms with Gasteiger partial charge < -0.3 is 25.0 Å². The van der Waals surface area contributed by atoms with Crippen molar-refractivity contribution >= 4 is 17.9 Å². The minimum absolute atomic E-state index is 0.0824. The Hall–Kier alpha value is -3.55. The minimum Gasteiger partial charge on any atom is -0.497 e. The van der Waals surface area contributed by atoms with Gasteiger partial charge in [0.1, 0.15) is 22.9 Å². The summed E-state index contributed by atoms with van der Waals surface area (Å²) in [5, 5.41) is 5.62. The Balaban J connectivity index is 1.45. The Kier molecular flexibility index (Phi) is 9.00. The molecule has 1 fully saturated rings. The van der Waals surface area contributed by atoms with Gasteiger partial charge in [-0.25, -0.2) is 4.79 Å². The standard InChI is InChI=1S/C33H45N3O5/c1-31(2,3)41-30(39)35-32(4,5)29(38)34-27(16-13-23-11-14-25(40-6)15-12-23)28(37)36-21-19-33(20-22-36)18-17-24-9-7-8-10-26(24)33/h7-12,14-15,27H,13,16-22H2,1-6H3,(H,34,38)(H,35,39)/t27-/m1/s1. The van der Waals surface area contributed by atoms with Crippen LogP contribution in [0.25, 0.3) is 0 Å². The number of likely N-dealkylation sites (tertiary alicyclic amines) is 1. The van der Waals surface area contributed by atoms with Crippen molar-refractivity contribution in [2.24, 2.45) is 0 Å². The lowest BCUT2D eigenvalue weighted by Crippen LogP contribution is -2.60. The zero-order chi connectivity index (χ0) is 29.8. The lowest BCUT2D eigenvalue weighted by atomic mass is 9.74. The van der Waals surface area contributed by atoms with E-state index in [9.17, 15) is 14.4 Å². The first-order chi connectivity index (χ1) is 19.3. The number of hydrogen-bond donors (Lipinski definition) is 2. The van der Waals surface area contributed by atoms with Crippen molar-refractivity contribution in [1.29, 1.82) is 0 Å². The highest BCUT2D eigenvalue weighted by Gasteiger charge is 2.43. The molecule has 0 aromatic heterocycles. The summed E-state index contributed by atoms with van der Waals surface area (Å²) in [5.74, 6) is 0.246. The van der Waals surface area contributed by atoms with E-state index in [-0.39, 0.29) is 11.3 Å². The van der Waals surface area contributed by atoms with Crippen LogP contribution in [0.2, 0.25) is 0 Å². The third-order valence-corrected chi connectivity index (χ3v) is 8.36. The third kappa shape index (κ3) is 7.40. The first-order valence-electron chi connectivity index (χ1n) is 14.6. The van der Waals surface area contributed by atoms with Crippen molar-refractivity contribution in [3.63, 3.8) is 0 Å². The zero-order valence-electron chi connectivity index (χ0n) is 25.3. The normalized spacial score (nSPS) is 17.0. The monoisotopic (exact) mass is 563 g/mol. The number of rotatable bonds is 8. The largest absolute Gasteiger partial charge is 0.497 e. The van der Waals surface area contributed by atoms with E-state index >= 15 is 0 Å². The highest BCUT2D eigenvalue weighted by Crippen LogP contribution is 2.46. The number of benzene rings is 2. The van der Waals surface area contributed by atoms with Crippen LogP contribution in [0.1, 0.15) is 77.0 Å². The summed E-state index contributed by atoms with van der Waals surface area (Å²) in [6.45, 7) is 9.82. The first kappa shape index (κ1) is 30.4. The number of amides is 3. The maximum atomic E-state index is 13.9. The van der Waals surface area contributed by atoms with E-state index in [0.29, 0.717) is 25.9 Å². The summed E-state index contributed by atoms with van der Waals surface area (Å²) in [5.41, 5.74) is 2.07. The molecule has 8 heteroatoms. The number of aryl methyl sites for hydroxylation is 2. The van der Waals surface area contributed by atoms with E-state index in [0.717, 1.165) is 37.0 Å². The smallest absolute Gasteiger partial charge is 0.408 e. The van der Waals surface area contributed by atoms with Crippen LogP contribution in [-0.2, 0) is 32.6 Å². The Morgan fingerprint density at radius 2 is 1.61 bits per heavy atom. The number of carbonyl (C=O) groups is 3. The van der Waals surface area contributed by atoms with Gasteiger partial charge in [-0.1, -0.05) is 36.4 Å². The number of nitrogens with zero attached hydrogens (tertiary/aromatic N) is 1. The van der Waals surface area contributed by atoms with Crippen molar-refractivity contribution in [2.45, 2.75) is 95.7 Å². The van der Waals surface area contributed by atoms with E-state index in [1.165, 1.54) is 11.1 Å². The number of nitrogens with one attached hydrogen (secondary N) is 2. The van der Waals surface area contributed by atoms with Gasteiger partial charge in [-0.3, -0.25) is 9.59 Å². The fraction of sp³-hybridized carbons (Fsp3) is 0.545. The summed E-state index contributed by atoms with van der Waals surface area (Å²) < 4.78 is 10.6. The molecular weight excluding hydrogens is 518 g/mol. The highest BCUT2D eigenvalue weighted by molar-refractivity contribution is 5.93. The summed E-state index contributed by atoms with van der Waals surface area (Å²) in [7, 11) is 1.62. The number of piperidine rings is 1. The fourth-order valence-corrected chi connectivity index (χ4v) is 5.97. The molecule has 3 amide bonds. The Morgan fingerprint density at radius 1 is 0.951 bits per heavy atom. The quantitative estimate of drug-likeness (QED) is 0.475. The van der Waals surface area contributed by atoms with Crippen molar-refractivity contribution in [1.82, 2.24) is 15.5 Å². The molecule has 1 saturated heterocycles. The van der Waals surface area contributed by atoms with Gasteiger partial charge in [0.15, 0.2) is 0 Å². The van der Waals surface area contributed by atoms with Crippen LogP contribution in [-0.4, -0.2) is 60.2 Å². The zero-order valence-corrected chi connectivity index (χ0v) is 25.3. The van der Waals surface area contributed by atoms with Crippen LogP contribution >= 0.6 is 0 Å². The topological polar surface area (TPSA) is 97.0 Å². The maximum Gasteiger partial charge on any atom is 0.408 e. The summed E-state index contributed by atoms with van der Waals surface area (Å²) in [6, 6.07) is 15.7. The molecule has 0 radical (unpaired) electrons. The van der Waals surface area contributed by atoms with E-state index < -0.39 is 29.2 Å². The second-order valence-electron chi connectivity index (χ2n) is 12.9. The summed E-state index contributed by atoms with van der Waals surface area (Å²) in [6.07, 6.45) is 4.40. The second-order valence-corrected chi connectivity index (χ2v) is 12.9. The number of alkyl carbamates (subject to hydrolysis) is 1. The minimum atomic E-state index is -1.28. The van der Waals surface area contributed by atoms with Crippen LogP contribution in [0, 0.1) is 0 Å². The average Bonchev–Trinajstić information content (AvgIpc) is 3.27. The number of ether oxygens (including phenoxy) is 2. The molecule has 2 N–H and O–H groups in total. The maximum absolute atomic E-state index is 13.9. The van der Waals surface area contributed by atoms with Crippen molar-refractivity contribution < 1.29 is 23.9 Å². The molecular formula is C33H45N3O5. The van der Waals surface area contributed by atoms with Gasteiger partial charge in [-0.2, -0.15) is 0 Å². The van der Waals surface area contributed by atoms with Gasteiger partial charge in [0, 0.05) is 13.1 Å². The number of carbonyl (C=O) groups excluding carboxylic acids is 3. The molecule has 8 nitrogen and oxygen atoms in total. The number of hydrogen-bond acceptors (Lipinski definition) is 5. The molecule has 1 atom stereocenters. The summed E-state index contributed by atoms with van der Waals surface area (Å²) >= 11 is 0. The molecule has 2 aliphatic rings. The van der Waals surface area contributed by atoms with Crippen molar-refractivity contribution in [3.05, 3.63) is 65.2 Å². The molecule has 1 spiro atoms. The van der Waals surface area contributed by atoms with E-state index in [1.807, 2.05) is 29.2 Å². The van der Waals surface area contributed by atoms with Crippen LogP contribution in [0.3, 0.4) is 0 Å². The lowest BCUT2D eigenvalue weighted by molar-refractivity contribution is -0.139. The second kappa shape index (κ2) is 12.1. The van der Waals surface area contributed by atoms with Crippen LogP contribution in [0.15, 0.2) is 48.5 Å². The SMILES string of the molecule is COc1ccc(CC[C@@H](NC(=O)C(C)(C)NC(=O)OC(C)(C)C)C(=O)N2CCC3(CCc4ccccc43)CC2)cc1. The van der Waals surface area contributed by atoms with Gasteiger partial charge in [-0.15, -0.1) is 0 Å². The average molecular weight is 564 g/mol.